The molecular weight excluding hydrogens is 318 g/mol. The van der Waals surface area contributed by atoms with Gasteiger partial charge >= 0.3 is 0 Å². The van der Waals surface area contributed by atoms with E-state index in [1.165, 1.54) is 0 Å². The number of halogens is 1. The lowest BCUT2D eigenvalue weighted by Crippen LogP contribution is -2.24. The van der Waals surface area contributed by atoms with E-state index in [2.05, 4.69) is 16.6 Å². The largest absolute Gasteiger partial charge is 0.241 e. The summed E-state index contributed by atoms with van der Waals surface area (Å²) in [6.45, 7) is 2.05. The van der Waals surface area contributed by atoms with E-state index in [0.717, 1.165) is 12.0 Å². The van der Waals surface area contributed by atoms with E-state index < -0.39 is 10.0 Å². The maximum Gasteiger partial charge on any atom is 0.241 e. The van der Waals surface area contributed by atoms with Gasteiger partial charge in [0.2, 0.25) is 10.0 Å². The molecule has 0 aliphatic rings. The molecule has 0 radical (unpaired) electrons. The normalized spacial score (nSPS) is 10.8. The topological polar surface area (TPSA) is 46.2 Å². The van der Waals surface area contributed by atoms with Crippen LogP contribution >= 0.6 is 11.6 Å². The molecule has 0 heterocycles. The fourth-order valence-electron chi connectivity index (χ4n) is 1.82. The number of hydrogen-bond donors (Lipinski definition) is 1. The predicted molar refractivity (Wildman–Crippen MR) is 89.3 cm³/mol. The third-order valence-corrected chi connectivity index (χ3v) is 4.84. The van der Waals surface area contributed by atoms with Gasteiger partial charge in [-0.2, -0.15) is 4.72 Å². The minimum Gasteiger partial charge on any atom is -0.207 e. The SMILES string of the molecule is CCc1ccc(S(=O)(=O)NCC#Cc2ccccc2Cl)cc1. The minimum atomic E-state index is -3.54. The Morgan fingerprint density at radius 1 is 1.09 bits per heavy atom. The van der Waals surface area contributed by atoms with Crippen LogP contribution in [0.3, 0.4) is 0 Å². The molecule has 2 aromatic carbocycles. The van der Waals surface area contributed by atoms with Crippen LogP contribution in [0.1, 0.15) is 18.1 Å². The Morgan fingerprint density at radius 3 is 2.41 bits per heavy atom. The molecule has 22 heavy (non-hydrogen) atoms. The first-order valence-corrected chi connectivity index (χ1v) is 8.71. The molecule has 0 aliphatic carbocycles. The molecule has 0 saturated heterocycles. The summed E-state index contributed by atoms with van der Waals surface area (Å²) >= 11 is 5.98. The van der Waals surface area contributed by atoms with E-state index in [4.69, 9.17) is 11.6 Å². The summed E-state index contributed by atoms with van der Waals surface area (Å²) in [6, 6.07) is 14.0. The molecule has 0 aliphatic heterocycles. The van der Waals surface area contributed by atoms with Gasteiger partial charge < -0.3 is 0 Å². The summed E-state index contributed by atoms with van der Waals surface area (Å²) in [5.41, 5.74) is 1.77. The molecule has 0 amide bonds. The van der Waals surface area contributed by atoms with Gasteiger partial charge in [0.25, 0.3) is 0 Å². The van der Waals surface area contributed by atoms with Crippen molar-refractivity contribution in [1.29, 1.82) is 0 Å². The smallest absolute Gasteiger partial charge is 0.207 e. The van der Waals surface area contributed by atoms with Gasteiger partial charge in [-0.15, -0.1) is 0 Å². The van der Waals surface area contributed by atoms with Crippen LogP contribution in [0.15, 0.2) is 53.4 Å². The molecule has 0 saturated carbocycles. The predicted octanol–water partition coefficient (Wildman–Crippen LogP) is 3.23. The zero-order chi connectivity index (χ0) is 16.0. The Bertz CT molecular complexity index is 803. The van der Waals surface area contributed by atoms with Crippen LogP contribution in [-0.4, -0.2) is 15.0 Å². The maximum atomic E-state index is 12.1. The number of aryl methyl sites for hydroxylation is 1. The van der Waals surface area contributed by atoms with Crippen molar-refractivity contribution in [3.05, 3.63) is 64.7 Å². The van der Waals surface area contributed by atoms with Crippen LogP contribution in [0.25, 0.3) is 0 Å². The van der Waals surface area contributed by atoms with Crippen molar-refractivity contribution >= 4 is 21.6 Å². The van der Waals surface area contributed by atoms with Gasteiger partial charge in [0.1, 0.15) is 0 Å². The van der Waals surface area contributed by atoms with Gasteiger partial charge in [0, 0.05) is 5.56 Å². The van der Waals surface area contributed by atoms with Gasteiger partial charge in [-0.25, -0.2) is 8.42 Å². The summed E-state index contributed by atoms with van der Waals surface area (Å²) in [7, 11) is -3.54. The van der Waals surface area contributed by atoms with Gasteiger partial charge in [-0.05, 0) is 36.2 Å². The van der Waals surface area contributed by atoms with E-state index in [9.17, 15) is 8.42 Å². The number of hydrogen-bond acceptors (Lipinski definition) is 2. The number of rotatable bonds is 4. The van der Waals surface area contributed by atoms with Crippen molar-refractivity contribution in [2.45, 2.75) is 18.2 Å². The molecule has 5 heteroatoms. The zero-order valence-corrected chi connectivity index (χ0v) is 13.7. The molecule has 1 N–H and O–H groups in total. The highest BCUT2D eigenvalue weighted by Crippen LogP contribution is 2.13. The van der Waals surface area contributed by atoms with E-state index in [1.807, 2.05) is 31.2 Å². The summed E-state index contributed by atoms with van der Waals surface area (Å²) in [4.78, 5) is 0.240. The Morgan fingerprint density at radius 2 is 1.77 bits per heavy atom. The molecule has 0 aromatic heterocycles. The second-order valence-electron chi connectivity index (χ2n) is 4.60. The lowest BCUT2D eigenvalue weighted by Gasteiger charge is -2.04. The lowest BCUT2D eigenvalue weighted by atomic mass is 10.2. The van der Waals surface area contributed by atoms with Gasteiger partial charge in [0.05, 0.1) is 16.5 Å². The van der Waals surface area contributed by atoms with Crippen molar-refractivity contribution < 1.29 is 8.42 Å². The van der Waals surface area contributed by atoms with Crippen LogP contribution in [0.4, 0.5) is 0 Å². The molecular formula is C17H16ClNO2S. The first-order chi connectivity index (χ1) is 10.5. The fourth-order valence-corrected chi connectivity index (χ4v) is 2.93. The summed E-state index contributed by atoms with van der Waals surface area (Å²) in [5.74, 6) is 5.61. The second kappa shape index (κ2) is 7.46. The van der Waals surface area contributed by atoms with Crippen molar-refractivity contribution in [1.82, 2.24) is 4.72 Å². The summed E-state index contributed by atoms with van der Waals surface area (Å²) in [5, 5.41) is 0.549. The average Bonchev–Trinajstić information content (AvgIpc) is 2.53. The third-order valence-electron chi connectivity index (χ3n) is 3.09. The number of nitrogens with one attached hydrogen (secondary N) is 1. The second-order valence-corrected chi connectivity index (χ2v) is 6.78. The monoisotopic (exact) mass is 333 g/mol. The van der Waals surface area contributed by atoms with E-state index >= 15 is 0 Å². The van der Waals surface area contributed by atoms with E-state index in [-0.39, 0.29) is 11.4 Å². The zero-order valence-electron chi connectivity index (χ0n) is 12.1. The van der Waals surface area contributed by atoms with Gasteiger partial charge in [-0.3, -0.25) is 0 Å². The van der Waals surface area contributed by atoms with Crippen LogP contribution in [0.2, 0.25) is 5.02 Å². The summed E-state index contributed by atoms with van der Waals surface area (Å²) < 4.78 is 26.7. The third kappa shape index (κ3) is 4.35. The Balaban J connectivity index is 2.03. The molecule has 0 spiro atoms. The molecule has 2 rings (SSSR count). The number of sulfonamides is 1. The molecule has 0 atom stereocenters. The van der Waals surface area contributed by atoms with Gasteiger partial charge in [-0.1, -0.05) is 54.6 Å². The first kappa shape index (κ1) is 16.6. The Hall–Kier alpha value is -1.80. The molecule has 3 nitrogen and oxygen atoms in total. The van der Waals surface area contributed by atoms with Crippen LogP contribution in [0.5, 0.6) is 0 Å². The quantitative estimate of drug-likeness (QED) is 0.873. The molecule has 0 bridgehead atoms. The van der Waals surface area contributed by atoms with Crippen LogP contribution in [-0.2, 0) is 16.4 Å². The van der Waals surface area contributed by atoms with Gasteiger partial charge in [0.15, 0.2) is 0 Å². The highest BCUT2D eigenvalue weighted by atomic mass is 35.5. The van der Waals surface area contributed by atoms with Crippen molar-refractivity contribution in [2.75, 3.05) is 6.54 Å². The standard InChI is InChI=1S/C17H16ClNO2S/c1-2-14-9-11-16(12-10-14)22(20,21)19-13-5-7-15-6-3-4-8-17(15)18/h3-4,6,8-12,19H,2,13H2,1H3. The van der Waals surface area contributed by atoms with E-state index in [1.54, 1.807) is 24.3 Å². The molecule has 0 unspecified atom stereocenters. The average molecular weight is 334 g/mol. The Kier molecular flexibility index (Phi) is 5.62. The van der Waals surface area contributed by atoms with E-state index in [0.29, 0.717) is 10.6 Å². The fraction of sp³-hybridized carbons (Fsp3) is 0.176. The highest BCUT2D eigenvalue weighted by Gasteiger charge is 2.12. The highest BCUT2D eigenvalue weighted by molar-refractivity contribution is 7.89. The molecule has 114 valence electrons. The van der Waals surface area contributed by atoms with Crippen molar-refractivity contribution in [3.8, 4) is 11.8 Å². The lowest BCUT2D eigenvalue weighted by molar-refractivity contribution is 0.586. The minimum absolute atomic E-state index is 0.0308. The van der Waals surface area contributed by atoms with Crippen LogP contribution < -0.4 is 4.72 Å². The molecule has 0 fully saturated rings. The van der Waals surface area contributed by atoms with Crippen LogP contribution in [0, 0.1) is 11.8 Å². The number of benzene rings is 2. The van der Waals surface area contributed by atoms with Crippen molar-refractivity contribution in [2.24, 2.45) is 0 Å². The summed E-state index contributed by atoms with van der Waals surface area (Å²) in [6.07, 6.45) is 0.872. The maximum absolute atomic E-state index is 12.1. The first-order valence-electron chi connectivity index (χ1n) is 6.85. The Labute approximate surface area is 136 Å². The molecule has 2 aromatic rings. The van der Waals surface area contributed by atoms with Crippen molar-refractivity contribution in [3.63, 3.8) is 0 Å².